The molecule has 5 nitrogen and oxygen atoms in total. The monoisotopic (exact) mass is 501 g/mol. The number of carbonyl (C=O) groups excluding carboxylic acids is 1. The van der Waals surface area contributed by atoms with E-state index < -0.39 is 6.29 Å². The third-order valence-electron chi connectivity index (χ3n) is 7.25. The Hall–Kier alpha value is -3.48. The molecule has 0 saturated heterocycles. The van der Waals surface area contributed by atoms with Gasteiger partial charge < -0.3 is 19.9 Å². The Morgan fingerprint density at radius 3 is 2.65 bits per heavy atom. The number of allylic oxidation sites excluding steroid dienone is 1. The summed E-state index contributed by atoms with van der Waals surface area (Å²) in [5.41, 5.74) is 7.00. The number of aliphatic hydroxyl groups is 1. The first-order valence-corrected chi connectivity index (χ1v) is 12.9. The molecule has 3 aromatic rings. The number of fused-ring (bicyclic) bond motifs is 3. The fourth-order valence-corrected chi connectivity index (χ4v) is 5.49. The van der Waals surface area contributed by atoms with Gasteiger partial charge in [-0.05, 0) is 77.8 Å². The van der Waals surface area contributed by atoms with E-state index in [0.717, 1.165) is 17.5 Å². The maximum absolute atomic E-state index is 13.3. The van der Waals surface area contributed by atoms with Gasteiger partial charge in [0.05, 0.1) is 0 Å². The minimum Gasteiger partial charge on any atom is -0.459 e. The summed E-state index contributed by atoms with van der Waals surface area (Å²) in [4.78, 5) is 13.2. The highest BCUT2D eigenvalue weighted by Gasteiger charge is 2.39. The van der Waals surface area contributed by atoms with Gasteiger partial charge in [0.15, 0.2) is 5.76 Å². The molecule has 3 aromatic carbocycles. The highest BCUT2D eigenvalue weighted by atomic mass is 19.1. The predicted octanol–water partition coefficient (Wildman–Crippen LogP) is 5.46. The molecule has 0 radical (unpaired) electrons. The number of rotatable bonds is 9. The molecule has 192 valence electrons. The molecule has 2 aliphatic rings. The fraction of sp³-hybridized carbons (Fsp3) is 0.323. The number of carbonyl (C=O) groups is 1. The minimum atomic E-state index is -0.613. The maximum Gasteiger partial charge on any atom is 0.286 e. The summed E-state index contributed by atoms with van der Waals surface area (Å²) in [6, 6.07) is 20.9. The van der Waals surface area contributed by atoms with E-state index in [1.807, 2.05) is 13.0 Å². The predicted molar refractivity (Wildman–Crippen MR) is 140 cm³/mol. The number of ether oxygens (including phenoxy) is 2. The molecule has 2 N–H and O–H groups in total. The second-order valence-electron chi connectivity index (χ2n) is 9.54. The third kappa shape index (κ3) is 5.31. The van der Waals surface area contributed by atoms with E-state index in [4.69, 9.17) is 9.47 Å². The van der Waals surface area contributed by atoms with Crippen LogP contribution >= 0.6 is 0 Å². The molecule has 6 heteroatoms. The van der Waals surface area contributed by atoms with Crippen LogP contribution in [0.4, 0.5) is 4.39 Å². The normalized spacial score (nSPS) is 20.0. The van der Waals surface area contributed by atoms with Crippen molar-refractivity contribution >= 4 is 5.91 Å². The van der Waals surface area contributed by atoms with Gasteiger partial charge in [-0.15, -0.1) is 0 Å². The zero-order valence-corrected chi connectivity index (χ0v) is 21.0. The highest BCUT2D eigenvalue weighted by Crippen LogP contribution is 2.45. The van der Waals surface area contributed by atoms with Crippen LogP contribution in [0.15, 0.2) is 78.6 Å². The van der Waals surface area contributed by atoms with Crippen molar-refractivity contribution in [3.63, 3.8) is 0 Å². The van der Waals surface area contributed by atoms with Gasteiger partial charge in [0.2, 0.25) is 6.29 Å². The van der Waals surface area contributed by atoms with E-state index in [0.29, 0.717) is 19.4 Å². The summed E-state index contributed by atoms with van der Waals surface area (Å²) in [5.74, 6) is -0.611. The van der Waals surface area contributed by atoms with Gasteiger partial charge in [-0.25, -0.2) is 4.39 Å². The molecule has 5 rings (SSSR count). The molecule has 0 aromatic heterocycles. The van der Waals surface area contributed by atoms with Crippen LogP contribution in [0.2, 0.25) is 0 Å². The smallest absolute Gasteiger partial charge is 0.286 e. The van der Waals surface area contributed by atoms with Gasteiger partial charge in [-0.2, -0.15) is 0 Å². The molecule has 1 amide bonds. The number of benzene rings is 3. The van der Waals surface area contributed by atoms with E-state index in [9.17, 15) is 14.3 Å². The number of aliphatic hydroxyl groups excluding tert-OH is 1. The molecular formula is C31H32FNO4. The molecule has 0 bridgehead atoms. The first-order valence-electron chi connectivity index (χ1n) is 12.9. The van der Waals surface area contributed by atoms with E-state index in [2.05, 4.69) is 47.8 Å². The Kier molecular flexibility index (Phi) is 7.68. The van der Waals surface area contributed by atoms with Crippen molar-refractivity contribution in [1.82, 2.24) is 5.32 Å². The van der Waals surface area contributed by atoms with Gasteiger partial charge in [-0.1, -0.05) is 54.6 Å². The van der Waals surface area contributed by atoms with Crippen LogP contribution < -0.4 is 5.32 Å². The van der Waals surface area contributed by atoms with Crippen molar-refractivity contribution in [1.29, 1.82) is 0 Å². The Morgan fingerprint density at radius 1 is 1.08 bits per heavy atom. The number of hydrogen-bond donors (Lipinski definition) is 2. The van der Waals surface area contributed by atoms with Crippen molar-refractivity contribution in [2.75, 3.05) is 13.2 Å². The molecular weight excluding hydrogens is 469 g/mol. The molecule has 3 atom stereocenters. The SMILES string of the molecule is CCO[C@@H]1OC(C(=O)NCc2ccc(F)cc2)=C[C@H](c2cccc3c2Cc2ccccc2-3)[C@@H]1CCCO. The Morgan fingerprint density at radius 2 is 1.86 bits per heavy atom. The van der Waals surface area contributed by atoms with E-state index in [-0.39, 0.29) is 42.5 Å². The van der Waals surface area contributed by atoms with Crippen LogP contribution in [0.25, 0.3) is 11.1 Å². The maximum atomic E-state index is 13.3. The van der Waals surface area contributed by atoms with Gasteiger partial charge in [-0.3, -0.25) is 4.79 Å². The molecule has 37 heavy (non-hydrogen) atoms. The zero-order valence-electron chi connectivity index (χ0n) is 21.0. The Balaban J connectivity index is 1.49. The van der Waals surface area contributed by atoms with Crippen LogP contribution in [0.5, 0.6) is 0 Å². The summed E-state index contributed by atoms with van der Waals surface area (Å²) in [7, 11) is 0. The van der Waals surface area contributed by atoms with Crippen molar-refractivity contribution < 1.29 is 23.8 Å². The molecule has 1 aliphatic heterocycles. The molecule has 0 spiro atoms. The minimum absolute atomic E-state index is 0.0593. The molecule has 0 fully saturated rings. The molecule has 0 unspecified atom stereocenters. The van der Waals surface area contributed by atoms with Gasteiger partial charge in [0.1, 0.15) is 5.82 Å². The fourth-order valence-electron chi connectivity index (χ4n) is 5.49. The summed E-state index contributed by atoms with van der Waals surface area (Å²) < 4.78 is 25.4. The van der Waals surface area contributed by atoms with Crippen molar-refractivity contribution in [2.45, 2.75) is 44.9 Å². The molecule has 0 saturated carbocycles. The third-order valence-corrected chi connectivity index (χ3v) is 7.25. The summed E-state index contributed by atoms with van der Waals surface area (Å²) >= 11 is 0. The lowest BCUT2D eigenvalue weighted by molar-refractivity contribution is -0.166. The van der Waals surface area contributed by atoms with E-state index >= 15 is 0 Å². The standard InChI is InChI=1S/C31H32FNO4/c1-2-36-31-26(11-6-16-34)28(18-29(37-31)30(35)33-19-20-12-14-22(32)15-13-20)25-10-5-9-24-23-8-4-3-7-21(23)17-27(24)25/h3-5,7-10,12-15,18,26,28,31,34H,2,6,11,16-17,19H2,1H3,(H,33,35)/t26-,28+,31+/m0/s1. The zero-order chi connectivity index (χ0) is 25.8. The van der Waals surface area contributed by atoms with Crippen LogP contribution in [0, 0.1) is 11.7 Å². The first-order chi connectivity index (χ1) is 18.1. The van der Waals surface area contributed by atoms with Crippen LogP contribution in [0.3, 0.4) is 0 Å². The average molecular weight is 502 g/mol. The second kappa shape index (κ2) is 11.3. The molecule has 1 heterocycles. The lowest BCUT2D eigenvalue weighted by atomic mass is 9.78. The Bertz CT molecular complexity index is 1290. The lowest BCUT2D eigenvalue weighted by Gasteiger charge is -2.37. The molecule has 1 aliphatic carbocycles. The summed E-state index contributed by atoms with van der Waals surface area (Å²) in [6.45, 7) is 2.68. The second-order valence-corrected chi connectivity index (χ2v) is 9.54. The van der Waals surface area contributed by atoms with Crippen LogP contribution in [-0.2, 0) is 27.2 Å². The largest absolute Gasteiger partial charge is 0.459 e. The highest BCUT2D eigenvalue weighted by molar-refractivity contribution is 5.91. The van der Waals surface area contributed by atoms with Gasteiger partial charge >= 0.3 is 0 Å². The van der Waals surface area contributed by atoms with Crippen molar-refractivity contribution in [3.05, 3.63) is 107 Å². The van der Waals surface area contributed by atoms with Gasteiger partial charge in [0.25, 0.3) is 5.91 Å². The topological polar surface area (TPSA) is 67.8 Å². The van der Waals surface area contributed by atoms with Gasteiger partial charge in [0, 0.05) is 31.6 Å². The quantitative estimate of drug-likeness (QED) is 0.320. The number of hydrogen-bond acceptors (Lipinski definition) is 4. The lowest BCUT2D eigenvalue weighted by Crippen LogP contribution is -2.39. The average Bonchev–Trinajstić information content (AvgIpc) is 3.30. The number of amides is 1. The van der Waals surface area contributed by atoms with Crippen molar-refractivity contribution in [2.24, 2.45) is 5.92 Å². The number of nitrogens with one attached hydrogen (secondary N) is 1. The Labute approximate surface area is 216 Å². The van der Waals surface area contributed by atoms with E-state index in [1.165, 1.54) is 34.4 Å². The van der Waals surface area contributed by atoms with Crippen molar-refractivity contribution in [3.8, 4) is 11.1 Å². The first kappa shape index (κ1) is 25.2. The van der Waals surface area contributed by atoms with Crippen LogP contribution in [-0.4, -0.2) is 30.5 Å². The number of halogens is 1. The summed E-state index contributed by atoms with van der Waals surface area (Å²) in [6.07, 6.45) is 3.45. The van der Waals surface area contributed by atoms with E-state index in [1.54, 1.807) is 12.1 Å². The summed E-state index contributed by atoms with van der Waals surface area (Å²) in [5, 5.41) is 12.5. The van der Waals surface area contributed by atoms with Crippen LogP contribution in [0.1, 0.15) is 47.9 Å².